The molecule has 0 saturated heterocycles. The third-order valence-corrected chi connectivity index (χ3v) is 1.94. The highest BCUT2D eigenvalue weighted by Gasteiger charge is 2.03. The fourth-order valence-corrected chi connectivity index (χ4v) is 1.12. The highest BCUT2D eigenvalue weighted by molar-refractivity contribution is 5.62. The van der Waals surface area contributed by atoms with E-state index in [1.54, 1.807) is 0 Å². The summed E-state index contributed by atoms with van der Waals surface area (Å²) < 4.78 is 0. The summed E-state index contributed by atoms with van der Waals surface area (Å²) in [5.41, 5.74) is 3.36. The quantitative estimate of drug-likeness (QED) is 0.595. The van der Waals surface area contributed by atoms with E-state index in [2.05, 4.69) is 51.3 Å². The molecule has 0 fully saturated rings. The summed E-state index contributed by atoms with van der Waals surface area (Å²) in [7, 11) is 0. The van der Waals surface area contributed by atoms with Crippen molar-refractivity contribution in [1.82, 2.24) is 0 Å². The van der Waals surface area contributed by atoms with Crippen molar-refractivity contribution in [1.29, 1.82) is 0 Å². The molecule has 0 saturated carbocycles. The van der Waals surface area contributed by atoms with Crippen LogP contribution in [0, 0.1) is 17.3 Å². The van der Waals surface area contributed by atoms with Gasteiger partial charge in [0, 0.05) is 11.0 Å². The topological polar surface area (TPSA) is 0 Å². The SMILES string of the molecule is C=C(C)c1cccc(C#CC(C)(C)C)c1. The van der Waals surface area contributed by atoms with Crippen LogP contribution in [0.1, 0.15) is 38.8 Å². The summed E-state index contributed by atoms with van der Waals surface area (Å²) in [5.74, 6) is 6.41. The molecule has 15 heavy (non-hydrogen) atoms. The van der Waals surface area contributed by atoms with Gasteiger partial charge in [0.2, 0.25) is 0 Å². The number of allylic oxidation sites excluding steroid dienone is 1. The smallest absolute Gasteiger partial charge is 0.0251 e. The molecule has 0 heterocycles. The van der Waals surface area contributed by atoms with E-state index in [1.165, 1.54) is 0 Å². The van der Waals surface area contributed by atoms with E-state index in [0.29, 0.717) is 0 Å². The molecule has 1 aromatic rings. The minimum atomic E-state index is 0.0548. The Hall–Kier alpha value is -1.48. The number of rotatable bonds is 1. The number of hydrogen-bond donors (Lipinski definition) is 0. The van der Waals surface area contributed by atoms with Gasteiger partial charge in [0.25, 0.3) is 0 Å². The molecular weight excluding hydrogens is 180 g/mol. The number of hydrogen-bond acceptors (Lipinski definition) is 0. The highest BCUT2D eigenvalue weighted by Crippen LogP contribution is 2.14. The Balaban J connectivity index is 3.00. The van der Waals surface area contributed by atoms with Gasteiger partial charge in [0.15, 0.2) is 0 Å². The molecule has 1 aromatic carbocycles. The van der Waals surface area contributed by atoms with Crippen LogP contribution in [0.2, 0.25) is 0 Å². The van der Waals surface area contributed by atoms with Gasteiger partial charge in [0.05, 0.1) is 0 Å². The molecule has 0 aromatic heterocycles. The molecule has 0 aliphatic carbocycles. The molecule has 0 aliphatic heterocycles. The molecule has 0 spiro atoms. The van der Waals surface area contributed by atoms with Crippen LogP contribution in [0.15, 0.2) is 30.8 Å². The van der Waals surface area contributed by atoms with Crippen LogP contribution in [0.5, 0.6) is 0 Å². The van der Waals surface area contributed by atoms with Gasteiger partial charge in [-0.15, -0.1) is 0 Å². The van der Waals surface area contributed by atoms with Crippen molar-refractivity contribution < 1.29 is 0 Å². The first-order chi connectivity index (χ1) is 6.88. The fourth-order valence-electron chi connectivity index (χ4n) is 1.12. The average Bonchev–Trinajstić information content (AvgIpc) is 2.14. The van der Waals surface area contributed by atoms with Crippen molar-refractivity contribution in [3.8, 4) is 11.8 Å². The van der Waals surface area contributed by atoms with E-state index in [4.69, 9.17) is 0 Å². The van der Waals surface area contributed by atoms with Gasteiger partial charge in [-0.25, -0.2) is 0 Å². The standard InChI is InChI=1S/C15H18/c1-12(2)14-8-6-7-13(11-14)9-10-15(3,4)5/h6-8,11H,1H2,2-5H3. The molecular formula is C15H18. The summed E-state index contributed by atoms with van der Waals surface area (Å²) in [6.07, 6.45) is 0. The van der Waals surface area contributed by atoms with Crippen molar-refractivity contribution in [2.75, 3.05) is 0 Å². The Kier molecular flexibility index (Phi) is 3.37. The van der Waals surface area contributed by atoms with Crippen molar-refractivity contribution in [3.05, 3.63) is 42.0 Å². The first-order valence-electron chi connectivity index (χ1n) is 5.17. The molecule has 0 aliphatic rings. The van der Waals surface area contributed by atoms with Crippen LogP contribution in [-0.2, 0) is 0 Å². The number of benzene rings is 1. The third kappa shape index (κ3) is 4.04. The van der Waals surface area contributed by atoms with E-state index >= 15 is 0 Å². The van der Waals surface area contributed by atoms with Gasteiger partial charge in [-0.05, 0) is 45.4 Å². The van der Waals surface area contributed by atoms with Crippen LogP contribution >= 0.6 is 0 Å². The van der Waals surface area contributed by atoms with Crippen LogP contribution in [-0.4, -0.2) is 0 Å². The van der Waals surface area contributed by atoms with Gasteiger partial charge < -0.3 is 0 Å². The largest absolute Gasteiger partial charge is 0.0955 e. The Morgan fingerprint density at radius 2 is 1.93 bits per heavy atom. The fraction of sp³-hybridized carbons (Fsp3) is 0.333. The molecule has 0 radical (unpaired) electrons. The summed E-state index contributed by atoms with van der Waals surface area (Å²) >= 11 is 0. The second-order valence-electron chi connectivity index (χ2n) is 4.86. The van der Waals surface area contributed by atoms with E-state index in [-0.39, 0.29) is 5.41 Å². The predicted molar refractivity (Wildman–Crippen MR) is 67.5 cm³/mol. The molecule has 78 valence electrons. The summed E-state index contributed by atoms with van der Waals surface area (Å²) in [5, 5.41) is 0. The maximum Gasteiger partial charge on any atom is 0.0251 e. The molecule has 1 rings (SSSR count). The van der Waals surface area contributed by atoms with Gasteiger partial charge in [-0.2, -0.15) is 0 Å². The molecule has 0 N–H and O–H groups in total. The van der Waals surface area contributed by atoms with Crippen LogP contribution in [0.3, 0.4) is 0 Å². The minimum absolute atomic E-state index is 0.0548. The molecule has 0 bridgehead atoms. The Labute approximate surface area is 93.0 Å². The monoisotopic (exact) mass is 198 g/mol. The van der Waals surface area contributed by atoms with Crippen LogP contribution in [0.25, 0.3) is 5.57 Å². The highest BCUT2D eigenvalue weighted by atomic mass is 14.1. The van der Waals surface area contributed by atoms with Gasteiger partial charge in [-0.1, -0.05) is 36.1 Å². The zero-order valence-electron chi connectivity index (χ0n) is 10.0. The summed E-state index contributed by atoms with van der Waals surface area (Å²) in [4.78, 5) is 0. The summed E-state index contributed by atoms with van der Waals surface area (Å²) in [6.45, 7) is 12.3. The molecule has 0 nitrogen and oxygen atoms in total. The average molecular weight is 198 g/mol. The van der Waals surface area contributed by atoms with Crippen molar-refractivity contribution in [3.63, 3.8) is 0 Å². The second-order valence-corrected chi connectivity index (χ2v) is 4.86. The first-order valence-corrected chi connectivity index (χ1v) is 5.17. The van der Waals surface area contributed by atoms with Gasteiger partial charge in [-0.3, -0.25) is 0 Å². The lowest BCUT2D eigenvalue weighted by atomic mass is 9.97. The Morgan fingerprint density at radius 3 is 2.47 bits per heavy atom. The van der Waals surface area contributed by atoms with E-state index < -0.39 is 0 Å². The summed E-state index contributed by atoms with van der Waals surface area (Å²) in [6, 6.07) is 8.20. The zero-order valence-corrected chi connectivity index (χ0v) is 10.0. The lowest BCUT2D eigenvalue weighted by Gasteiger charge is -2.07. The Bertz CT molecular complexity index is 419. The Morgan fingerprint density at radius 1 is 1.27 bits per heavy atom. The van der Waals surface area contributed by atoms with Gasteiger partial charge in [0.1, 0.15) is 0 Å². The maximum absolute atomic E-state index is 3.93. The lowest BCUT2D eigenvalue weighted by molar-refractivity contribution is 0.571. The zero-order chi connectivity index (χ0) is 11.5. The van der Waals surface area contributed by atoms with Crippen molar-refractivity contribution in [2.24, 2.45) is 5.41 Å². The first kappa shape index (κ1) is 11.6. The lowest BCUT2D eigenvalue weighted by Crippen LogP contribution is -1.99. The van der Waals surface area contributed by atoms with Crippen LogP contribution < -0.4 is 0 Å². The molecule has 0 amide bonds. The molecule has 0 atom stereocenters. The van der Waals surface area contributed by atoms with E-state index in [1.807, 2.05) is 19.1 Å². The van der Waals surface area contributed by atoms with Crippen LogP contribution in [0.4, 0.5) is 0 Å². The predicted octanol–water partition coefficient (Wildman–Crippen LogP) is 4.12. The van der Waals surface area contributed by atoms with Gasteiger partial charge >= 0.3 is 0 Å². The third-order valence-electron chi connectivity index (χ3n) is 1.94. The van der Waals surface area contributed by atoms with E-state index in [9.17, 15) is 0 Å². The molecule has 0 heteroatoms. The van der Waals surface area contributed by atoms with Crippen molar-refractivity contribution >= 4 is 5.57 Å². The second kappa shape index (κ2) is 4.36. The van der Waals surface area contributed by atoms with Crippen molar-refractivity contribution in [2.45, 2.75) is 27.7 Å². The maximum atomic E-state index is 3.93. The molecule has 0 unspecified atom stereocenters. The van der Waals surface area contributed by atoms with E-state index in [0.717, 1.165) is 16.7 Å². The minimum Gasteiger partial charge on any atom is -0.0955 e. The normalized spacial score (nSPS) is 10.4.